The molecule has 0 aliphatic carbocycles. The molecule has 81 heavy (non-hydrogen) atoms. The lowest BCUT2D eigenvalue weighted by molar-refractivity contribution is -0.570. The Morgan fingerprint density at radius 1 is 0.519 bits per heavy atom. The normalized spacial score (nSPS) is 16.3. The van der Waals surface area contributed by atoms with Gasteiger partial charge in [-0.05, 0) is 114 Å². The SMILES string of the molecule is [2H]c1c([2H])c([2H])c(-c2cnc(-n3c4ccccc4c4ccc(Oc5cccc(-n6[c-][n+](-c7c(-c8cc(C(C)(C)C)cc(C(C)(C)C)c8)cccc7[Si](c7c([2H])c([2H])c([2H])c([2H])c7[2H])(c7c([2H])c([2H])c([2H])c([2H])c7[2H])c7c([2H])c([2H])c([2H])c([2H])c7[2H])c7ccccc76)c5)cc43)cc2C([2H])([2H])[2H])c([2H])c1[2H]. The standard InChI is InChI=1S/C75H64N4OSi/c1-52-44-72(76-50-66(52)53-26-12-8-13-27-53)79-67-38-21-20-36-64(67)65-43-42-59(49-70(65)79)80-58-29-24-28-57(48-58)77-51-78(69-40-23-22-39-68(69)77)73-63(54-45-55(74(2,3)4)47-56(46-54)75(5,6)7)37-25-41-71(73)81(60-30-14-9-15-31-60,61-32-16-10-17-33-61)62-34-18-11-19-35-62/h8-50H,1-7H3/i1D3,8D,9D,10D,11D,12D,13D,14D,15D,16D,17D,18D,19D,26D,27D,30D,31D,32D,33D,34D,35D. The van der Waals surface area contributed by atoms with Gasteiger partial charge in [-0.15, -0.1) is 0 Å². The molecule has 0 saturated heterocycles. The molecule has 0 bridgehead atoms. The first-order valence-electron chi connectivity index (χ1n) is 37.7. The van der Waals surface area contributed by atoms with Gasteiger partial charge in [0.2, 0.25) is 0 Å². The number of pyridine rings is 1. The molecule has 13 aromatic rings. The molecule has 3 heterocycles. The number of aromatic nitrogens is 4. The highest BCUT2D eigenvalue weighted by Gasteiger charge is 2.44. The van der Waals surface area contributed by atoms with Gasteiger partial charge in [0, 0.05) is 32.7 Å². The number of para-hydroxylation sites is 4. The molecule has 6 heteroatoms. The van der Waals surface area contributed by atoms with E-state index >= 15 is 0 Å². The fourth-order valence-electron chi connectivity index (χ4n) is 10.7. The number of ether oxygens (including phenoxy) is 1. The second-order valence-electron chi connectivity index (χ2n) is 21.7. The monoisotopic (exact) mass is 1090 g/mol. The highest BCUT2D eigenvalue weighted by molar-refractivity contribution is 7.20. The van der Waals surface area contributed by atoms with Gasteiger partial charge in [-0.25, -0.2) is 4.98 Å². The van der Waals surface area contributed by atoms with Crippen LogP contribution >= 0.6 is 0 Å². The van der Waals surface area contributed by atoms with Crippen molar-refractivity contribution in [1.29, 1.82) is 0 Å². The van der Waals surface area contributed by atoms with Crippen molar-refractivity contribution < 1.29 is 40.8 Å². The van der Waals surface area contributed by atoms with Crippen molar-refractivity contribution in [3.8, 4) is 50.9 Å². The van der Waals surface area contributed by atoms with Crippen LogP contribution in [0.1, 0.15) is 89.8 Å². The molecule has 0 amide bonds. The zero-order chi connectivity index (χ0) is 75.4. The summed E-state index contributed by atoms with van der Waals surface area (Å²) in [6.45, 7) is 9.42. The van der Waals surface area contributed by atoms with Crippen LogP contribution < -0.4 is 30.1 Å². The lowest BCUT2D eigenvalue weighted by Gasteiger charge is -2.37. The molecule has 0 N–H and O–H groups in total. The van der Waals surface area contributed by atoms with Crippen molar-refractivity contribution in [3.05, 3.63) is 284 Å². The molecule has 0 spiro atoms. The summed E-state index contributed by atoms with van der Waals surface area (Å²) >= 11 is 0. The third kappa shape index (κ3) is 9.16. The molecular weight excluding hydrogens is 1000 g/mol. The summed E-state index contributed by atoms with van der Waals surface area (Å²) in [7, 11) is -5.85. The van der Waals surface area contributed by atoms with Gasteiger partial charge >= 0.3 is 0 Å². The first kappa shape index (κ1) is 31.4. The summed E-state index contributed by atoms with van der Waals surface area (Å²) in [5.74, 6) is 0.733. The zero-order valence-electron chi connectivity index (χ0n) is 68.0. The molecule has 5 nitrogen and oxygen atoms in total. The van der Waals surface area contributed by atoms with E-state index in [0.717, 1.165) is 21.9 Å². The van der Waals surface area contributed by atoms with E-state index in [9.17, 15) is 16.4 Å². The van der Waals surface area contributed by atoms with Crippen molar-refractivity contribution in [2.24, 2.45) is 0 Å². The minimum absolute atomic E-state index is 0.0748. The molecule has 13 rings (SSSR count). The molecule has 10 aromatic carbocycles. The minimum Gasteiger partial charge on any atom is -0.458 e. The highest BCUT2D eigenvalue weighted by atomic mass is 28.3. The minimum atomic E-state index is -5.85. The van der Waals surface area contributed by atoms with E-state index in [0.29, 0.717) is 44.6 Å². The van der Waals surface area contributed by atoms with E-state index in [-0.39, 0.29) is 39.1 Å². The second kappa shape index (κ2) is 20.4. The Morgan fingerprint density at radius 2 is 1.10 bits per heavy atom. The molecule has 394 valence electrons. The lowest BCUT2D eigenvalue weighted by atomic mass is 9.79. The number of aryl methyl sites for hydroxylation is 1. The van der Waals surface area contributed by atoms with Gasteiger partial charge in [-0.2, -0.15) is 0 Å². The predicted molar refractivity (Wildman–Crippen MR) is 339 cm³/mol. The maximum atomic E-state index is 10.0. The molecular formula is C75H64N4OSi. The van der Waals surface area contributed by atoms with Gasteiger partial charge in [0.1, 0.15) is 17.3 Å². The second-order valence-corrected chi connectivity index (χ2v) is 25.3. The maximum Gasteiger partial charge on any atom is 0.269 e. The van der Waals surface area contributed by atoms with Crippen molar-refractivity contribution in [2.75, 3.05) is 0 Å². The lowest BCUT2D eigenvalue weighted by Crippen LogP contribution is -2.76. The van der Waals surface area contributed by atoms with Gasteiger partial charge in [-0.3, -0.25) is 13.7 Å². The van der Waals surface area contributed by atoms with Crippen LogP contribution in [0, 0.1) is 13.2 Å². The first-order valence-corrected chi connectivity index (χ1v) is 28.2. The van der Waals surface area contributed by atoms with Crippen LogP contribution in [0.25, 0.3) is 72.3 Å². The summed E-state index contributed by atoms with van der Waals surface area (Å²) in [6, 6.07) is 22.4. The van der Waals surface area contributed by atoms with E-state index in [1.807, 2.05) is 84.0 Å². The first-order chi connectivity index (χ1) is 48.8. The van der Waals surface area contributed by atoms with Crippen molar-refractivity contribution >= 4 is 61.7 Å². The van der Waals surface area contributed by atoms with Crippen LogP contribution in [0.4, 0.5) is 0 Å². The largest absolute Gasteiger partial charge is 0.458 e. The van der Waals surface area contributed by atoms with Crippen LogP contribution in [0.2, 0.25) is 0 Å². The Kier molecular flexibility index (Phi) is 7.91. The Balaban J connectivity index is 1.09. The molecule has 0 fully saturated rings. The summed E-state index contributed by atoms with van der Waals surface area (Å²) in [6.07, 6.45) is 4.78. The van der Waals surface area contributed by atoms with Gasteiger partial charge in [0.15, 0.2) is 8.07 Å². The number of benzene rings is 10. The van der Waals surface area contributed by atoms with Crippen molar-refractivity contribution in [3.63, 3.8) is 0 Å². The van der Waals surface area contributed by atoms with Gasteiger partial charge in [0.05, 0.1) is 60.9 Å². The van der Waals surface area contributed by atoms with E-state index < -0.39 is 162 Å². The number of hydrogen-bond donors (Lipinski definition) is 0. The quantitative estimate of drug-likeness (QED) is 0.0560. The molecule has 0 aliphatic heterocycles. The fraction of sp³-hybridized carbons (Fsp3) is 0.120. The maximum absolute atomic E-state index is 10.0. The molecule has 0 radical (unpaired) electrons. The van der Waals surface area contributed by atoms with E-state index in [2.05, 4.69) is 12.4 Å². The summed E-state index contributed by atoms with van der Waals surface area (Å²) in [5.41, 5.74) is 3.36. The molecule has 3 aromatic heterocycles. The Bertz CT molecular complexity index is 5520. The van der Waals surface area contributed by atoms with Crippen molar-refractivity contribution in [1.82, 2.24) is 14.1 Å². The summed E-state index contributed by atoms with van der Waals surface area (Å²) in [4.78, 5) is 4.73. The third-order valence-electron chi connectivity index (χ3n) is 14.7. The number of nitrogens with zero attached hydrogens (tertiary/aromatic N) is 4. The molecule has 0 atom stereocenters. The number of imidazole rings is 1. The van der Waals surface area contributed by atoms with Crippen molar-refractivity contribution in [2.45, 2.75) is 59.2 Å². The zero-order valence-corrected chi connectivity index (χ0v) is 46.0. The van der Waals surface area contributed by atoms with Crippen LogP contribution in [-0.4, -0.2) is 22.2 Å². The number of fused-ring (bicyclic) bond motifs is 4. The average molecular weight is 1090 g/mol. The number of hydrogen-bond acceptors (Lipinski definition) is 2. The molecule has 0 saturated carbocycles. The predicted octanol–water partition coefficient (Wildman–Crippen LogP) is 15.6. The fourth-order valence-corrected chi connectivity index (χ4v) is 14.7. The molecule has 0 unspecified atom stereocenters. The summed E-state index contributed by atoms with van der Waals surface area (Å²) < 4.78 is 223. The van der Waals surface area contributed by atoms with Crippen LogP contribution in [-0.2, 0) is 10.8 Å². The van der Waals surface area contributed by atoms with Crippen LogP contribution in [0.3, 0.4) is 0 Å². The van der Waals surface area contributed by atoms with Gasteiger partial charge in [-0.1, -0.05) is 247 Å². The smallest absolute Gasteiger partial charge is 0.269 e. The molecule has 0 aliphatic rings. The van der Waals surface area contributed by atoms with Gasteiger partial charge < -0.3 is 4.74 Å². The Labute approximate surface area is 509 Å². The van der Waals surface area contributed by atoms with E-state index in [1.165, 1.54) is 18.3 Å². The van der Waals surface area contributed by atoms with Crippen LogP contribution in [0.15, 0.2) is 261 Å². The highest BCUT2D eigenvalue weighted by Crippen LogP contribution is 2.39. The topological polar surface area (TPSA) is 35.9 Å². The van der Waals surface area contributed by atoms with Gasteiger partial charge in [0.25, 0.3) is 6.33 Å². The van der Waals surface area contributed by atoms with E-state index in [4.69, 9.17) is 24.8 Å². The Morgan fingerprint density at radius 3 is 1.74 bits per heavy atom. The third-order valence-corrected chi connectivity index (χ3v) is 18.9. The Hall–Kier alpha value is -9.36. The van der Waals surface area contributed by atoms with E-state index in [1.54, 1.807) is 86.5 Å². The van der Waals surface area contributed by atoms with Crippen LogP contribution in [0.5, 0.6) is 11.5 Å². The number of rotatable bonds is 11. The summed E-state index contributed by atoms with van der Waals surface area (Å²) in [5, 5.41) is -0.607. The average Bonchev–Trinajstić information content (AvgIpc) is 0.689.